The van der Waals surface area contributed by atoms with Gasteiger partial charge in [-0.3, -0.25) is 0 Å². The van der Waals surface area contributed by atoms with Crippen LogP contribution in [0, 0.1) is 25.2 Å². The van der Waals surface area contributed by atoms with Crippen molar-refractivity contribution in [3.63, 3.8) is 0 Å². The van der Waals surface area contributed by atoms with Gasteiger partial charge in [-0.15, -0.1) is 0 Å². The summed E-state index contributed by atoms with van der Waals surface area (Å²) in [4.78, 5) is 0. The van der Waals surface area contributed by atoms with Crippen LogP contribution in [-0.2, 0) is 6.42 Å². The molecule has 1 N–H and O–H groups in total. The van der Waals surface area contributed by atoms with Crippen molar-refractivity contribution >= 4 is 0 Å². The van der Waals surface area contributed by atoms with Crippen molar-refractivity contribution in [1.29, 1.82) is 5.26 Å². The number of hydrogen-bond acceptors (Lipinski definition) is 3. The largest absolute Gasteiger partial charge is 0.496 e. The molecule has 1 rings (SSSR count). The van der Waals surface area contributed by atoms with Crippen LogP contribution in [0.15, 0.2) is 12.1 Å². The second-order valence-electron chi connectivity index (χ2n) is 4.17. The van der Waals surface area contributed by atoms with Crippen LogP contribution in [0.25, 0.3) is 0 Å². The molecule has 92 valence electrons. The lowest BCUT2D eigenvalue weighted by Crippen LogP contribution is -2.18. The van der Waals surface area contributed by atoms with Crippen LogP contribution in [-0.4, -0.2) is 20.2 Å². The normalized spacial score (nSPS) is 10.0. The van der Waals surface area contributed by atoms with E-state index in [1.165, 1.54) is 16.7 Å². The Balaban J connectivity index is 2.61. The molecule has 0 aromatic heterocycles. The quantitative estimate of drug-likeness (QED) is 0.766. The number of nitrogens with one attached hydrogen (secondary N) is 1. The first kappa shape index (κ1) is 13.5. The van der Waals surface area contributed by atoms with Crippen LogP contribution in [0.5, 0.6) is 5.75 Å². The summed E-state index contributed by atoms with van der Waals surface area (Å²) in [5.74, 6) is 0.963. The molecule has 0 aliphatic rings. The van der Waals surface area contributed by atoms with Gasteiger partial charge in [0.2, 0.25) is 0 Å². The number of nitrogens with zero attached hydrogens (tertiary/aromatic N) is 1. The van der Waals surface area contributed by atoms with Crippen molar-refractivity contribution in [2.45, 2.75) is 26.7 Å². The zero-order valence-corrected chi connectivity index (χ0v) is 10.8. The Morgan fingerprint density at radius 1 is 1.29 bits per heavy atom. The van der Waals surface area contributed by atoms with E-state index >= 15 is 0 Å². The Bertz CT molecular complexity index is 407. The van der Waals surface area contributed by atoms with Crippen LogP contribution in [0.4, 0.5) is 0 Å². The number of nitriles is 1. The third kappa shape index (κ3) is 4.08. The molecule has 0 spiro atoms. The average Bonchev–Trinajstić information content (AvgIpc) is 2.30. The SMILES string of the molecule is COc1cc(C)cc(C)c1CCNCCC#N. The maximum atomic E-state index is 8.43. The highest BCUT2D eigenvalue weighted by Gasteiger charge is 2.06. The zero-order chi connectivity index (χ0) is 12.7. The second-order valence-corrected chi connectivity index (χ2v) is 4.17. The molecule has 1 aromatic carbocycles. The standard InChI is InChI=1S/C14H20N2O/c1-11-9-12(2)13(14(10-11)17-3)5-8-16-7-4-6-15/h9-10,16H,4-5,7-8H2,1-3H3. The summed E-state index contributed by atoms with van der Waals surface area (Å²) >= 11 is 0. The Morgan fingerprint density at radius 3 is 2.71 bits per heavy atom. The van der Waals surface area contributed by atoms with Crippen molar-refractivity contribution in [1.82, 2.24) is 5.32 Å². The number of rotatable bonds is 6. The van der Waals surface area contributed by atoms with Gasteiger partial charge in [0.15, 0.2) is 0 Å². The minimum atomic E-state index is 0.560. The van der Waals surface area contributed by atoms with E-state index in [0.717, 1.165) is 25.3 Å². The Hall–Kier alpha value is -1.53. The molecular weight excluding hydrogens is 212 g/mol. The maximum absolute atomic E-state index is 8.43. The molecule has 0 atom stereocenters. The van der Waals surface area contributed by atoms with Crippen LogP contribution >= 0.6 is 0 Å². The molecule has 3 nitrogen and oxygen atoms in total. The number of methoxy groups -OCH3 is 1. The summed E-state index contributed by atoms with van der Waals surface area (Å²) in [6.45, 7) is 5.82. The molecule has 0 aliphatic carbocycles. The highest BCUT2D eigenvalue weighted by atomic mass is 16.5. The molecule has 0 saturated heterocycles. The van der Waals surface area contributed by atoms with Gasteiger partial charge in [-0.2, -0.15) is 5.26 Å². The van der Waals surface area contributed by atoms with Gasteiger partial charge in [0, 0.05) is 13.0 Å². The number of ether oxygens (including phenoxy) is 1. The predicted molar refractivity (Wildman–Crippen MR) is 69.3 cm³/mol. The van der Waals surface area contributed by atoms with E-state index in [-0.39, 0.29) is 0 Å². The first-order valence-electron chi connectivity index (χ1n) is 5.90. The van der Waals surface area contributed by atoms with Gasteiger partial charge in [-0.05, 0) is 49.6 Å². The third-order valence-corrected chi connectivity index (χ3v) is 2.76. The van der Waals surface area contributed by atoms with E-state index in [4.69, 9.17) is 10.00 Å². The van der Waals surface area contributed by atoms with E-state index in [2.05, 4.69) is 37.4 Å². The molecule has 0 fully saturated rings. The summed E-state index contributed by atoms with van der Waals surface area (Å²) in [5, 5.41) is 11.7. The summed E-state index contributed by atoms with van der Waals surface area (Å²) in [6, 6.07) is 6.36. The minimum absolute atomic E-state index is 0.560. The lowest BCUT2D eigenvalue weighted by atomic mass is 10.0. The molecule has 0 saturated carbocycles. The van der Waals surface area contributed by atoms with Gasteiger partial charge in [0.25, 0.3) is 0 Å². The first-order valence-corrected chi connectivity index (χ1v) is 5.90. The van der Waals surface area contributed by atoms with Crippen molar-refractivity contribution in [2.24, 2.45) is 0 Å². The third-order valence-electron chi connectivity index (χ3n) is 2.76. The number of benzene rings is 1. The number of aryl methyl sites for hydroxylation is 2. The summed E-state index contributed by atoms with van der Waals surface area (Å²) in [7, 11) is 1.71. The van der Waals surface area contributed by atoms with Crippen LogP contribution in [0.2, 0.25) is 0 Å². The van der Waals surface area contributed by atoms with Gasteiger partial charge in [-0.1, -0.05) is 6.07 Å². The maximum Gasteiger partial charge on any atom is 0.122 e. The van der Waals surface area contributed by atoms with E-state index in [0.29, 0.717) is 6.42 Å². The van der Waals surface area contributed by atoms with E-state index in [1.54, 1.807) is 7.11 Å². The molecule has 0 unspecified atom stereocenters. The molecule has 3 heteroatoms. The van der Waals surface area contributed by atoms with E-state index in [9.17, 15) is 0 Å². The van der Waals surface area contributed by atoms with E-state index in [1.807, 2.05) is 0 Å². The van der Waals surface area contributed by atoms with Crippen LogP contribution in [0.1, 0.15) is 23.1 Å². The molecule has 17 heavy (non-hydrogen) atoms. The molecule has 0 radical (unpaired) electrons. The highest BCUT2D eigenvalue weighted by Crippen LogP contribution is 2.24. The Kier molecular flexibility index (Phi) is 5.51. The zero-order valence-electron chi connectivity index (χ0n) is 10.8. The average molecular weight is 232 g/mol. The molecule has 0 heterocycles. The summed E-state index contributed by atoms with van der Waals surface area (Å²) in [5.41, 5.74) is 3.74. The van der Waals surface area contributed by atoms with Crippen LogP contribution in [0.3, 0.4) is 0 Å². The smallest absolute Gasteiger partial charge is 0.122 e. The minimum Gasteiger partial charge on any atom is -0.496 e. The van der Waals surface area contributed by atoms with Crippen molar-refractivity contribution in [2.75, 3.05) is 20.2 Å². The van der Waals surface area contributed by atoms with Gasteiger partial charge >= 0.3 is 0 Å². The van der Waals surface area contributed by atoms with Gasteiger partial charge in [0.1, 0.15) is 5.75 Å². The predicted octanol–water partition coefficient (Wildman–Crippen LogP) is 2.36. The molecular formula is C14H20N2O. The molecule has 1 aromatic rings. The number of hydrogen-bond donors (Lipinski definition) is 1. The van der Waals surface area contributed by atoms with Crippen molar-refractivity contribution < 1.29 is 4.74 Å². The molecule has 0 bridgehead atoms. The molecule has 0 aliphatic heterocycles. The fraction of sp³-hybridized carbons (Fsp3) is 0.500. The van der Waals surface area contributed by atoms with Crippen molar-refractivity contribution in [3.8, 4) is 11.8 Å². The first-order chi connectivity index (χ1) is 8.19. The monoisotopic (exact) mass is 232 g/mol. The van der Waals surface area contributed by atoms with Crippen molar-refractivity contribution in [3.05, 3.63) is 28.8 Å². The van der Waals surface area contributed by atoms with Gasteiger partial charge in [0.05, 0.1) is 13.2 Å². The molecule has 0 amide bonds. The second kappa shape index (κ2) is 6.93. The van der Waals surface area contributed by atoms with Gasteiger partial charge in [-0.25, -0.2) is 0 Å². The Morgan fingerprint density at radius 2 is 2.06 bits per heavy atom. The highest BCUT2D eigenvalue weighted by molar-refractivity contribution is 5.43. The van der Waals surface area contributed by atoms with Gasteiger partial charge < -0.3 is 10.1 Å². The topological polar surface area (TPSA) is 45.0 Å². The Labute approximate surface area is 103 Å². The summed E-state index contributed by atoms with van der Waals surface area (Å²) in [6.07, 6.45) is 1.49. The summed E-state index contributed by atoms with van der Waals surface area (Å²) < 4.78 is 5.41. The lowest BCUT2D eigenvalue weighted by Gasteiger charge is -2.13. The van der Waals surface area contributed by atoms with E-state index < -0.39 is 0 Å². The lowest BCUT2D eigenvalue weighted by molar-refractivity contribution is 0.408. The fourth-order valence-electron chi connectivity index (χ4n) is 1.94. The fourth-order valence-corrected chi connectivity index (χ4v) is 1.94. The van der Waals surface area contributed by atoms with Crippen LogP contribution < -0.4 is 10.1 Å².